The number of fused-ring (bicyclic) bond motifs is 1. The Bertz CT molecular complexity index is 670. The minimum Gasteiger partial charge on any atom is -0.394 e. The maximum Gasteiger partial charge on any atom is 0.167 e. The topological polar surface area (TPSA) is 119 Å². The van der Waals surface area contributed by atoms with Crippen LogP contribution in [-0.2, 0) is 4.74 Å². The lowest BCUT2D eigenvalue weighted by Gasteiger charge is -2.20. The Morgan fingerprint density at radius 1 is 1.39 bits per heavy atom. The van der Waals surface area contributed by atoms with Crippen LogP contribution in [-0.4, -0.2) is 59.5 Å². The molecule has 1 aliphatic rings. The van der Waals surface area contributed by atoms with Crippen LogP contribution in [0.2, 0.25) is 0 Å². The molecule has 3 rings (SSSR count). The van der Waals surface area contributed by atoms with Crippen molar-refractivity contribution in [3.05, 3.63) is 12.7 Å². The summed E-state index contributed by atoms with van der Waals surface area (Å²) in [5.74, 6) is 1.28. The Labute approximate surface area is 141 Å². The van der Waals surface area contributed by atoms with Gasteiger partial charge in [-0.3, -0.25) is 4.57 Å². The molecule has 4 N–H and O–H groups in total. The van der Waals surface area contributed by atoms with Crippen molar-refractivity contribution >= 4 is 38.6 Å². The molecule has 126 valence electrons. The van der Waals surface area contributed by atoms with Crippen LogP contribution in [0.15, 0.2) is 12.7 Å². The molecular weight excluding hydrogens is 338 g/mol. The molecule has 0 bridgehead atoms. The average Bonchev–Trinajstić information content (AvgIpc) is 3.10. The van der Waals surface area contributed by atoms with Crippen LogP contribution >= 0.6 is 21.6 Å². The van der Waals surface area contributed by atoms with E-state index in [0.29, 0.717) is 17.0 Å². The van der Waals surface area contributed by atoms with Gasteiger partial charge in [-0.2, -0.15) is 0 Å². The number of aliphatic hydroxyl groups is 2. The molecule has 23 heavy (non-hydrogen) atoms. The predicted molar refractivity (Wildman–Crippen MR) is 90.9 cm³/mol. The minimum atomic E-state index is -0.768. The predicted octanol–water partition coefficient (Wildman–Crippen LogP) is 0.819. The van der Waals surface area contributed by atoms with Crippen LogP contribution in [0, 0.1) is 0 Å². The lowest BCUT2D eigenvalue weighted by Crippen LogP contribution is -2.31. The zero-order valence-electron chi connectivity index (χ0n) is 12.6. The Balaban J connectivity index is 1.92. The summed E-state index contributed by atoms with van der Waals surface area (Å²) in [5.41, 5.74) is 6.87. The van der Waals surface area contributed by atoms with Crippen molar-refractivity contribution in [1.29, 1.82) is 0 Å². The first-order valence-corrected chi connectivity index (χ1v) is 9.71. The third-order valence-corrected chi connectivity index (χ3v) is 6.64. The maximum absolute atomic E-state index is 10.4. The molecule has 1 saturated heterocycles. The van der Waals surface area contributed by atoms with Gasteiger partial charge in [0.2, 0.25) is 0 Å². The van der Waals surface area contributed by atoms with Crippen molar-refractivity contribution in [3.8, 4) is 0 Å². The molecule has 0 spiro atoms. The molecule has 0 aliphatic carbocycles. The Morgan fingerprint density at radius 3 is 2.96 bits per heavy atom. The quantitative estimate of drug-likeness (QED) is 0.510. The van der Waals surface area contributed by atoms with Gasteiger partial charge in [0, 0.05) is 5.75 Å². The zero-order chi connectivity index (χ0) is 16.4. The number of aliphatic hydroxyl groups excluding tert-OH is 2. The van der Waals surface area contributed by atoms with Gasteiger partial charge in [-0.1, -0.05) is 28.5 Å². The van der Waals surface area contributed by atoms with Gasteiger partial charge in [0.25, 0.3) is 0 Å². The number of ether oxygens (including phenoxy) is 1. The molecule has 8 nitrogen and oxygen atoms in total. The first-order chi connectivity index (χ1) is 11.2. The van der Waals surface area contributed by atoms with Crippen molar-refractivity contribution in [1.82, 2.24) is 19.5 Å². The number of anilines is 1. The van der Waals surface area contributed by atoms with E-state index in [1.54, 1.807) is 32.5 Å². The molecule has 0 saturated carbocycles. The van der Waals surface area contributed by atoms with Gasteiger partial charge < -0.3 is 20.7 Å². The number of aromatic nitrogens is 4. The molecule has 1 fully saturated rings. The fourth-order valence-corrected chi connectivity index (χ4v) is 5.35. The molecule has 0 aromatic carbocycles. The normalized spacial score (nSPS) is 27.8. The van der Waals surface area contributed by atoms with Gasteiger partial charge in [-0.05, 0) is 6.42 Å². The van der Waals surface area contributed by atoms with Crippen LogP contribution in [0.4, 0.5) is 5.82 Å². The summed E-state index contributed by atoms with van der Waals surface area (Å²) >= 11 is 0. The van der Waals surface area contributed by atoms with Gasteiger partial charge in [0.15, 0.2) is 17.7 Å². The monoisotopic (exact) mass is 357 g/mol. The van der Waals surface area contributed by atoms with E-state index in [0.717, 1.165) is 12.2 Å². The molecule has 0 radical (unpaired) electrons. The van der Waals surface area contributed by atoms with E-state index in [-0.39, 0.29) is 11.9 Å². The number of nitrogens with zero attached hydrogens (tertiary/aromatic N) is 4. The van der Waals surface area contributed by atoms with E-state index in [1.165, 1.54) is 6.33 Å². The van der Waals surface area contributed by atoms with Gasteiger partial charge in [-0.15, -0.1) is 0 Å². The van der Waals surface area contributed by atoms with Crippen molar-refractivity contribution in [2.45, 2.75) is 37.0 Å². The lowest BCUT2D eigenvalue weighted by atomic mass is 10.2. The van der Waals surface area contributed by atoms with E-state index in [2.05, 4.69) is 21.9 Å². The molecule has 10 heteroatoms. The molecule has 4 atom stereocenters. The number of rotatable bonds is 6. The second kappa shape index (κ2) is 7.22. The first kappa shape index (κ1) is 16.8. The molecule has 2 aromatic heterocycles. The van der Waals surface area contributed by atoms with Crippen LogP contribution in [0.5, 0.6) is 0 Å². The van der Waals surface area contributed by atoms with Crippen molar-refractivity contribution in [2.24, 2.45) is 0 Å². The molecule has 3 heterocycles. The second-order valence-corrected chi connectivity index (χ2v) is 7.87. The van der Waals surface area contributed by atoms with E-state index < -0.39 is 18.4 Å². The third-order valence-electron chi connectivity index (χ3n) is 3.62. The Morgan fingerprint density at radius 2 is 2.22 bits per heavy atom. The highest BCUT2D eigenvalue weighted by Gasteiger charge is 2.45. The highest BCUT2D eigenvalue weighted by molar-refractivity contribution is 8.77. The SMILES string of the molecule is CCCSS[C@@H]1[C@H](O)[C@@H](CO)O[C@H]1n1cnc2c(N)ncnc21. The van der Waals surface area contributed by atoms with Crippen molar-refractivity contribution in [3.63, 3.8) is 0 Å². The Hall–Kier alpha value is -1.07. The minimum absolute atomic E-state index is 0.239. The maximum atomic E-state index is 10.4. The second-order valence-electron chi connectivity index (χ2n) is 5.20. The van der Waals surface area contributed by atoms with Crippen molar-refractivity contribution in [2.75, 3.05) is 18.1 Å². The fourth-order valence-electron chi connectivity index (χ4n) is 2.46. The highest BCUT2D eigenvalue weighted by Crippen LogP contribution is 2.43. The first-order valence-electron chi connectivity index (χ1n) is 7.33. The highest BCUT2D eigenvalue weighted by atomic mass is 33.1. The summed E-state index contributed by atoms with van der Waals surface area (Å²) in [6, 6.07) is 0. The number of hydrogen-bond donors (Lipinski definition) is 3. The van der Waals surface area contributed by atoms with Crippen LogP contribution < -0.4 is 5.73 Å². The summed E-state index contributed by atoms with van der Waals surface area (Å²) in [6.07, 6.45) is 2.14. The van der Waals surface area contributed by atoms with Gasteiger partial charge in [-0.25, -0.2) is 15.0 Å². The molecule has 0 unspecified atom stereocenters. The largest absolute Gasteiger partial charge is 0.394 e. The molecular formula is C13H19N5O3S2. The zero-order valence-corrected chi connectivity index (χ0v) is 14.2. The third kappa shape index (κ3) is 3.13. The summed E-state index contributed by atoms with van der Waals surface area (Å²) in [5, 5.41) is 19.6. The van der Waals surface area contributed by atoms with Crippen LogP contribution in [0.1, 0.15) is 19.6 Å². The van der Waals surface area contributed by atoms with E-state index >= 15 is 0 Å². The summed E-state index contributed by atoms with van der Waals surface area (Å²) in [7, 11) is 3.24. The summed E-state index contributed by atoms with van der Waals surface area (Å²) in [6.45, 7) is 1.86. The fraction of sp³-hybridized carbons (Fsp3) is 0.615. The van der Waals surface area contributed by atoms with Crippen LogP contribution in [0.25, 0.3) is 11.2 Å². The summed E-state index contributed by atoms with van der Waals surface area (Å²) in [4.78, 5) is 12.4. The van der Waals surface area contributed by atoms with E-state index in [9.17, 15) is 10.2 Å². The van der Waals surface area contributed by atoms with E-state index in [1.807, 2.05) is 0 Å². The number of imidazole rings is 1. The lowest BCUT2D eigenvalue weighted by molar-refractivity contribution is -0.0430. The van der Waals surface area contributed by atoms with Crippen molar-refractivity contribution < 1.29 is 14.9 Å². The molecule has 2 aromatic rings. The number of nitrogens with two attached hydrogens (primary N) is 1. The summed E-state index contributed by atoms with van der Waals surface area (Å²) < 4.78 is 7.59. The Kier molecular flexibility index (Phi) is 5.27. The van der Waals surface area contributed by atoms with E-state index in [4.69, 9.17) is 10.5 Å². The van der Waals surface area contributed by atoms with Crippen LogP contribution in [0.3, 0.4) is 0 Å². The average molecular weight is 357 g/mol. The number of nitrogen functional groups attached to an aromatic ring is 1. The smallest absolute Gasteiger partial charge is 0.167 e. The van der Waals surface area contributed by atoms with Gasteiger partial charge in [0.05, 0.1) is 24.3 Å². The van der Waals surface area contributed by atoms with Gasteiger partial charge in [0.1, 0.15) is 17.9 Å². The standard InChI is InChI=1S/C13H19N5O3S2/c1-2-3-22-23-10-9(20)7(4-19)21-13(10)18-6-17-8-11(14)15-5-16-12(8)18/h5-7,9-10,13,19-20H,2-4H2,1H3,(H2,14,15,16)/t7-,9-,10-,13-/m1/s1. The number of hydrogen-bond acceptors (Lipinski definition) is 9. The molecule has 0 amide bonds. The molecule has 1 aliphatic heterocycles. The van der Waals surface area contributed by atoms with Gasteiger partial charge >= 0.3 is 0 Å².